The predicted molar refractivity (Wildman–Crippen MR) is 124 cm³/mol. The van der Waals surface area contributed by atoms with Crippen LogP contribution in [0.1, 0.15) is 24.0 Å². The van der Waals surface area contributed by atoms with Gasteiger partial charge < -0.3 is 4.57 Å². The molecule has 1 aliphatic rings. The lowest BCUT2D eigenvalue weighted by Gasteiger charge is -2.29. The third kappa shape index (κ3) is 4.22. The second-order valence-corrected chi connectivity index (χ2v) is 11.2. The molecule has 0 N–H and O–H groups in total. The van der Waals surface area contributed by atoms with Gasteiger partial charge in [0.1, 0.15) is 0 Å². The number of carbonyl (C=O) groups excluding carboxylic acids is 1. The molecule has 9 heteroatoms. The number of thiazole rings is 1. The number of amides is 1. The number of piperidine rings is 1. The summed E-state index contributed by atoms with van der Waals surface area (Å²) in [5.41, 5.74) is 3.06. The number of aromatic nitrogens is 1. The van der Waals surface area contributed by atoms with E-state index in [2.05, 4.69) is 4.99 Å². The zero-order chi connectivity index (χ0) is 22.3. The molecule has 0 unspecified atom stereocenters. The van der Waals surface area contributed by atoms with Gasteiger partial charge in [0.05, 0.1) is 20.1 Å². The number of halogens is 1. The molecule has 0 atom stereocenters. The highest BCUT2D eigenvalue weighted by Crippen LogP contribution is 2.29. The number of rotatable bonds is 3. The minimum Gasteiger partial charge on any atom is -0.319 e. The average molecular weight is 478 g/mol. The monoisotopic (exact) mass is 477 g/mol. The van der Waals surface area contributed by atoms with E-state index in [0.29, 0.717) is 35.8 Å². The van der Waals surface area contributed by atoms with Crippen LogP contribution in [0.5, 0.6) is 0 Å². The summed E-state index contributed by atoms with van der Waals surface area (Å²) in [6, 6.07) is 10.7. The fourth-order valence-electron chi connectivity index (χ4n) is 3.90. The van der Waals surface area contributed by atoms with Crippen LogP contribution >= 0.6 is 22.9 Å². The molecule has 0 radical (unpaired) electrons. The minimum atomic E-state index is -3.55. The Morgan fingerprint density at radius 3 is 2.35 bits per heavy atom. The van der Waals surface area contributed by atoms with Crippen molar-refractivity contribution >= 4 is 49.1 Å². The third-order valence-corrected chi connectivity index (χ3v) is 9.27. The van der Waals surface area contributed by atoms with Gasteiger partial charge in [0, 0.05) is 26.1 Å². The minimum absolute atomic E-state index is 0.205. The maximum Gasteiger partial charge on any atom is 0.251 e. The Hall–Kier alpha value is -2.00. The fourth-order valence-corrected chi connectivity index (χ4v) is 6.74. The van der Waals surface area contributed by atoms with Gasteiger partial charge in [-0.15, -0.1) is 0 Å². The predicted octanol–water partition coefficient (Wildman–Crippen LogP) is 4.04. The van der Waals surface area contributed by atoms with Crippen molar-refractivity contribution < 1.29 is 13.2 Å². The van der Waals surface area contributed by atoms with Crippen molar-refractivity contribution in [3.05, 3.63) is 57.3 Å². The van der Waals surface area contributed by atoms with Gasteiger partial charge in [-0.05, 0) is 50.5 Å². The van der Waals surface area contributed by atoms with Crippen molar-refractivity contribution in [1.82, 2.24) is 8.87 Å². The van der Waals surface area contributed by atoms with Crippen molar-refractivity contribution in [2.45, 2.75) is 31.6 Å². The second kappa shape index (κ2) is 8.50. The number of carbonyl (C=O) groups is 1. The largest absolute Gasteiger partial charge is 0.319 e. The molecule has 2 heterocycles. The molecule has 0 aliphatic carbocycles. The van der Waals surface area contributed by atoms with E-state index in [1.54, 1.807) is 24.3 Å². The highest BCUT2D eigenvalue weighted by Gasteiger charge is 2.32. The molecule has 0 saturated carbocycles. The van der Waals surface area contributed by atoms with Crippen LogP contribution in [0.3, 0.4) is 0 Å². The Labute approximate surface area is 190 Å². The molecular weight excluding hydrogens is 454 g/mol. The first kappa shape index (κ1) is 22.2. The van der Waals surface area contributed by atoms with E-state index < -0.39 is 10.0 Å². The van der Waals surface area contributed by atoms with E-state index in [9.17, 15) is 13.2 Å². The van der Waals surface area contributed by atoms with E-state index in [1.165, 1.54) is 15.6 Å². The van der Waals surface area contributed by atoms with E-state index in [1.807, 2.05) is 37.6 Å². The summed E-state index contributed by atoms with van der Waals surface area (Å²) in [5.74, 6) is -0.491. The van der Waals surface area contributed by atoms with Crippen LogP contribution in [0, 0.1) is 19.8 Å². The molecule has 6 nitrogen and oxygen atoms in total. The molecule has 1 saturated heterocycles. The Kier molecular flexibility index (Phi) is 6.09. The van der Waals surface area contributed by atoms with Gasteiger partial charge in [0.2, 0.25) is 10.0 Å². The van der Waals surface area contributed by atoms with Gasteiger partial charge in [-0.1, -0.05) is 46.7 Å². The van der Waals surface area contributed by atoms with Crippen molar-refractivity contribution in [2.75, 3.05) is 13.1 Å². The summed E-state index contributed by atoms with van der Waals surface area (Å²) in [4.78, 5) is 18.1. The Morgan fingerprint density at radius 2 is 1.74 bits per heavy atom. The topological polar surface area (TPSA) is 71.7 Å². The quantitative estimate of drug-likeness (QED) is 0.571. The normalized spacial score (nSPS) is 16.8. The lowest BCUT2D eigenvalue weighted by Crippen LogP contribution is -2.40. The number of fused-ring (bicyclic) bond motifs is 1. The van der Waals surface area contributed by atoms with E-state index >= 15 is 0 Å². The number of benzene rings is 2. The van der Waals surface area contributed by atoms with E-state index in [-0.39, 0.29) is 16.7 Å². The molecular formula is C22H24ClN3O3S2. The average Bonchev–Trinajstić information content (AvgIpc) is 3.08. The second-order valence-electron chi connectivity index (χ2n) is 7.93. The van der Waals surface area contributed by atoms with Crippen LogP contribution in [-0.4, -0.2) is 36.3 Å². The summed E-state index contributed by atoms with van der Waals surface area (Å²) < 4.78 is 30.0. The Bertz CT molecular complexity index is 1320. The van der Waals surface area contributed by atoms with Crippen molar-refractivity contribution in [3.63, 3.8) is 0 Å². The first-order chi connectivity index (χ1) is 14.7. The molecule has 1 aliphatic heterocycles. The molecule has 4 rings (SSSR count). The third-order valence-electron chi connectivity index (χ3n) is 5.77. The zero-order valence-corrected chi connectivity index (χ0v) is 20.0. The Morgan fingerprint density at radius 1 is 1.10 bits per heavy atom. The number of aryl methyl sites for hydroxylation is 3. The summed E-state index contributed by atoms with van der Waals surface area (Å²) in [7, 11) is -1.67. The molecule has 164 valence electrons. The van der Waals surface area contributed by atoms with Crippen LogP contribution < -0.4 is 4.80 Å². The molecule has 0 bridgehead atoms. The van der Waals surface area contributed by atoms with Crippen molar-refractivity contribution in [1.29, 1.82) is 0 Å². The number of nitrogens with zero attached hydrogens (tertiary/aromatic N) is 3. The highest BCUT2D eigenvalue weighted by atomic mass is 35.5. The molecule has 1 amide bonds. The lowest BCUT2D eigenvalue weighted by atomic mass is 9.98. The van der Waals surface area contributed by atoms with Crippen LogP contribution in [-0.2, 0) is 21.9 Å². The number of hydrogen-bond acceptors (Lipinski definition) is 4. The number of hydrogen-bond donors (Lipinski definition) is 0. The van der Waals surface area contributed by atoms with Crippen LogP contribution in [0.2, 0.25) is 5.02 Å². The Balaban J connectivity index is 1.52. The molecule has 1 aromatic heterocycles. The fraction of sp³-hybridized carbons (Fsp3) is 0.364. The molecule has 1 fully saturated rings. The van der Waals surface area contributed by atoms with E-state index in [4.69, 9.17) is 11.6 Å². The van der Waals surface area contributed by atoms with Gasteiger partial charge in [0.15, 0.2) is 4.80 Å². The first-order valence-electron chi connectivity index (χ1n) is 10.1. The lowest BCUT2D eigenvalue weighted by molar-refractivity contribution is -0.122. The maximum atomic E-state index is 12.9. The van der Waals surface area contributed by atoms with Crippen LogP contribution in [0.15, 0.2) is 46.3 Å². The van der Waals surface area contributed by atoms with Gasteiger partial charge in [-0.25, -0.2) is 8.42 Å². The van der Waals surface area contributed by atoms with Gasteiger partial charge >= 0.3 is 0 Å². The maximum absolute atomic E-state index is 12.9. The zero-order valence-electron chi connectivity index (χ0n) is 17.6. The van der Waals surface area contributed by atoms with Crippen molar-refractivity contribution in [3.8, 4) is 0 Å². The molecule has 0 spiro atoms. The van der Waals surface area contributed by atoms with Gasteiger partial charge in [-0.2, -0.15) is 9.30 Å². The summed E-state index contributed by atoms with van der Waals surface area (Å²) >= 11 is 7.72. The molecule has 31 heavy (non-hydrogen) atoms. The summed E-state index contributed by atoms with van der Waals surface area (Å²) in [6.45, 7) is 4.54. The summed E-state index contributed by atoms with van der Waals surface area (Å²) in [5, 5.41) is 0.643. The molecule has 3 aromatic rings. The number of sulfonamides is 1. The van der Waals surface area contributed by atoms with Crippen LogP contribution in [0.25, 0.3) is 10.2 Å². The summed E-state index contributed by atoms with van der Waals surface area (Å²) in [6.07, 6.45) is 0.920. The highest BCUT2D eigenvalue weighted by molar-refractivity contribution is 7.89. The van der Waals surface area contributed by atoms with E-state index in [0.717, 1.165) is 21.3 Å². The smallest absolute Gasteiger partial charge is 0.251 e. The van der Waals surface area contributed by atoms with Gasteiger partial charge in [0.25, 0.3) is 5.91 Å². The van der Waals surface area contributed by atoms with Crippen molar-refractivity contribution in [2.24, 2.45) is 18.0 Å². The van der Waals surface area contributed by atoms with Gasteiger partial charge in [-0.3, -0.25) is 4.79 Å². The first-order valence-corrected chi connectivity index (χ1v) is 12.7. The van der Waals surface area contributed by atoms with Crippen LogP contribution in [0.4, 0.5) is 0 Å². The standard InChI is InChI=1S/C22H24ClN3O3S2/c1-14-4-7-17(8-5-14)31(28,29)26-12-10-16(11-13-26)21(27)24-22-25(3)19-15(2)6-9-18(23)20(19)30-22/h4-9,16H,10-13H2,1-3H3. The SMILES string of the molecule is Cc1ccc(S(=O)(=O)N2CCC(C(=O)N=c3sc4c(Cl)ccc(C)c4n3C)CC2)cc1. The molecule has 2 aromatic carbocycles.